The van der Waals surface area contributed by atoms with Crippen molar-refractivity contribution in [2.75, 3.05) is 7.11 Å². The molecule has 0 amide bonds. The average Bonchev–Trinajstić information content (AvgIpc) is 2.61. The number of hydrogen-bond acceptors (Lipinski definition) is 4. The van der Waals surface area contributed by atoms with Gasteiger partial charge in [0.05, 0.1) is 18.2 Å². The summed E-state index contributed by atoms with van der Waals surface area (Å²) < 4.78 is 10.6. The Balaban J connectivity index is 1.98. The number of rotatable bonds is 4. The van der Waals surface area contributed by atoms with Crippen LogP contribution in [-0.4, -0.2) is 18.1 Å². The van der Waals surface area contributed by atoms with Gasteiger partial charge < -0.3 is 9.47 Å². The zero-order valence-corrected chi connectivity index (χ0v) is 13.9. The van der Waals surface area contributed by atoms with E-state index < -0.39 is 0 Å². The molecule has 0 atom stereocenters. The van der Waals surface area contributed by atoms with Crippen molar-refractivity contribution in [1.82, 2.24) is 4.98 Å². The number of carbonyl (C=O) groups excluding carboxylic acids is 1. The Morgan fingerprint density at radius 2 is 1.67 bits per heavy atom. The van der Waals surface area contributed by atoms with E-state index in [1.54, 1.807) is 31.4 Å². The largest absolute Gasteiger partial charge is 0.497 e. The predicted octanol–water partition coefficient (Wildman–Crippen LogP) is 4.59. The highest BCUT2D eigenvalue weighted by molar-refractivity contribution is 6.04. The lowest BCUT2D eigenvalue weighted by Crippen LogP contribution is -2.11. The van der Waals surface area contributed by atoms with Crippen LogP contribution in [0.1, 0.15) is 35.8 Å². The molecular weight excluding hydrogens is 302 g/mol. The van der Waals surface area contributed by atoms with Gasteiger partial charge in [-0.15, -0.1) is 0 Å². The summed E-state index contributed by atoms with van der Waals surface area (Å²) in [6, 6.07) is 16.4. The minimum atomic E-state index is -0.388. The maximum absolute atomic E-state index is 12.7. The number of hydrogen-bond donors (Lipinski definition) is 0. The molecule has 4 heteroatoms. The lowest BCUT2D eigenvalue weighted by molar-refractivity contribution is 0.0736. The fraction of sp³-hybridized carbons (Fsp3) is 0.200. The standard InChI is InChI=1S/C20H19NO3/c1-13(2)19-12-17(16-6-4-5-7-18(16)21-19)20(22)24-15-10-8-14(23-3)9-11-15/h4-13H,1-3H3. The van der Waals surface area contributed by atoms with Crippen LogP contribution in [-0.2, 0) is 0 Å². The van der Waals surface area contributed by atoms with E-state index >= 15 is 0 Å². The van der Waals surface area contributed by atoms with Gasteiger partial charge in [0.25, 0.3) is 0 Å². The van der Waals surface area contributed by atoms with Gasteiger partial charge in [-0.3, -0.25) is 4.98 Å². The van der Waals surface area contributed by atoms with Crippen molar-refractivity contribution in [2.24, 2.45) is 0 Å². The van der Waals surface area contributed by atoms with Gasteiger partial charge in [0.1, 0.15) is 11.5 Å². The number of aromatic nitrogens is 1. The smallest absolute Gasteiger partial charge is 0.344 e. The fourth-order valence-electron chi connectivity index (χ4n) is 2.47. The molecule has 0 aliphatic carbocycles. The molecule has 0 saturated carbocycles. The number of methoxy groups -OCH3 is 1. The number of fused-ring (bicyclic) bond motifs is 1. The first-order valence-electron chi connectivity index (χ1n) is 7.84. The van der Waals surface area contributed by atoms with Gasteiger partial charge in [0.15, 0.2) is 0 Å². The van der Waals surface area contributed by atoms with Crippen molar-refractivity contribution in [2.45, 2.75) is 19.8 Å². The minimum absolute atomic E-state index is 0.224. The van der Waals surface area contributed by atoms with Gasteiger partial charge in [-0.1, -0.05) is 32.0 Å². The van der Waals surface area contributed by atoms with Gasteiger partial charge in [-0.05, 0) is 42.3 Å². The van der Waals surface area contributed by atoms with E-state index in [-0.39, 0.29) is 11.9 Å². The average molecular weight is 321 g/mol. The van der Waals surface area contributed by atoms with E-state index in [4.69, 9.17) is 9.47 Å². The van der Waals surface area contributed by atoms with E-state index in [1.807, 2.05) is 30.3 Å². The van der Waals surface area contributed by atoms with Crippen LogP contribution in [0.25, 0.3) is 10.9 Å². The number of nitrogens with zero attached hydrogens (tertiary/aromatic N) is 1. The Morgan fingerprint density at radius 1 is 1.00 bits per heavy atom. The lowest BCUT2D eigenvalue weighted by atomic mass is 10.0. The third-order valence-electron chi connectivity index (χ3n) is 3.82. The highest BCUT2D eigenvalue weighted by Gasteiger charge is 2.16. The fourth-order valence-corrected chi connectivity index (χ4v) is 2.47. The first-order valence-corrected chi connectivity index (χ1v) is 7.84. The summed E-state index contributed by atoms with van der Waals surface area (Å²) in [6.45, 7) is 4.10. The van der Waals surface area contributed by atoms with Crippen LogP contribution in [0.5, 0.6) is 11.5 Å². The second kappa shape index (κ2) is 6.71. The predicted molar refractivity (Wildman–Crippen MR) is 93.8 cm³/mol. The Bertz CT molecular complexity index is 870. The second-order valence-electron chi connectivity index (χ2n) is 5.83. The van der Waals surface area contributed by atoms with E-state index in [2.05, 4.69) is 18.8 Å². The van der Waals surface area contributed by atoms with Gasteiger partial charge in [-0.2, -0.15) is 0 Å². The van der Waals surface area contributed by atoms with Crippen LogP contribution < -0.4 is 9.47 Å². The molecule has 0 fully saturated rings. The van der Waals surface area contributed by atoms with Crippen LogP contribution in [0.4, 0.5) is 0 Å². The Hall–Kier alpha value is -2.88. The van der Waals surface area contributed by atoms with Gasteiger partial charge in [0.2, 0.25) is 0 Å². The molecule has 2 aromatic carbocycles. The van der Waals surface area contributed by atoms with Crippen molar-refractivity contribution >= 4 is 16.9 Å². The summed E-state index contributed by atoms with van der Waals surface area (Å²) in [5.41, 5.74) is 2.20. The molecule has 1 heterocycles. The summed E-state index contributed by atoms with van der Waals surface area (Å²) in [5.74, 6) is 1.03. The lowest BCUT2D eigenvalue weighted by Gasteiger charge is -2.11. The van der Waals surface area contributed by atoms with Gasteiger partial charge in [-0.25, -0.2) is 4.79 Å². The van der Waals surface area contributed by atoms with Gasteiger partial charge >= 0.3 is 5.97 Å². The van der Waals surface area contributed by atoms with E-state index in [0.29, 0.717) is 17.1 Å². The maximum atomic E-state index is 12.7. The second-order valence-corrected chi connectivity index (χ2v) is 5.83. The molecule has 4 nitrogen and oxygen atoms in total. The zero-order chi connectivity index (χ0) is 17.1. The molecular formula is C20H19NO3. The molecule has 3 rings (SSSR count). The molecule has 122 valence electrons. The van der Waals surface area contributed by atoms with Crippen LogP contribution in [0.2, 0.25) is 0 Å². The monoisotopic (exact) mass is 321 g/mol. The Morgan fingerprint density at radius 3 is 2.33 bits per heavy atom. The van der Waals surface area contributed by atoms with Gasteiger partial charge in [0, 0.05) is 11.1 Å². The first-order chi connectivity index (χ1) is 11.6. The number of ether oxygens (including phenoxy) is 2. The molecule has 0 N–H and O–H groups in total. The number of benzene rings is 2. The van der Waals surface area contributed by atoms with Crippen molar-refractivity contribution in [3.05, 3.63) is 65.9 Å². The third-order valence-corrected chi connectivity index (χ3v) is 3.82. The first kappa shape index (κ1) is 16.0. The third kappa shape index (κ3) is 3.23. The number of para-hydroxylation sites is 1. The molecule has 0 spiro atoms. The maximum Gasteiger partial charge on any atom is 0.344 e. The van der Waals surface area contributed by atoms with E-state index in [0.717, 1.165) is 16.6 Å². The van der Waals surface area contributed by atoms with Crippen LogP contribution in [0, 0.1) is 0 Å². The summed E-state index contributed by atoms with van der Waals surface area (Å²) >= 11 is 0. The Labute approximate surface area is 141 Å². The quantitative estimate of drug-likeness (QED) is 0.521. The highest BCUT2D eigenvalue weighted by atomic mass is 16.5. The van der Waals surface area contributed by atoms with E-state index in [1.165, 1.54) is 0 Å². The van der Waals surface area contributed by atoms with Crippen molar-refractivity contribution < 1.29 is 14.3 Å². The summed E-state index contributed by atoms with van der Waals surface area (Å²) in [4.78, 5) is 17.3. The molecule has 0 saturated heterocycles. The SMILES string of the molecule is COc1ccc(OC(=O)c2cc(C(C)C)nc3ccccc23)cc1. The number of pyridine rings is 1. The molecule has 1 aromatic heterocycles. The molecule has 0 radical (unpaired) electrons. The molecule has 3 aromatic rings. The molecule has 24 heavy (non-hydrogen) atoms. The van der Waals surface area contributed by atoms with Crippen LogP contribution >= 0.6 is 0 Å². The minimum Gasteiger partial charge on any atom is -0.497 e. The van der Waals surface area contributed by atoms with Crippen LogP contribution in [0.3, 0.4) is 0 Å². The van der Waals surface area contributed by atoms with Crippen molar-refractivity contribution in [1.29, 1.82) is 0 Å². The zero-order valence-electron chi connectivity index (χ0n) is 13.9. The number of esters is 1. The molecule has 0 aliphatic heterocycles. The molecule has 0 unspecified atom stereocenters. The van der Waals surface area contributed by atoms with Crippen molar-refractivity contribution in [3.63, 3.8) is 0 Å². The van der Waals surface area contributed by atoms with Crippen LogP contribution in [0.15, 0.2) is 54.6 Å². The summed E-state index contributed by atoms with van der Waals surface area (Å²) in [6.07, 6.45) is 0. The molecule has 0 bridgehead atoms. The number of carbonyl (C=O) groups is 1. The topological polar surface area (TPSA) is 48.4 Å². The van der Waals surface area contributed by atoms with E-state index in [9.17, 15) is 4.79 Å². The normalized spacial score (nSPS) is 10.8. The Kier molecular flexibility index (Phi) is 4.47. The highest BCUT2D eigenvalue weighted by Crippen LogP contribution is 2.24. The summed E-state index contributed by atoms with van der Waals surface area (Å²) in [5, 5.41) is 0.792. The molecule has 0 aliphatic rings. The summed E-state index contributed by atoms with van der Waals surface area (Å²) in [7, 11) is 1.59. The van der Waals surface area contributed by atoms with Crippen molar-refractivity contribution in [3.8, 4) is 11.5 Å².